The molecule has 0 bridgehead atoms. The molecule has 2 heterocycles. The summed E-state index contributed by atoms with van der Waals surface area (Å²) < 4.78 is 0.837. The van der Waals surface area contributed by atoms with E-state index in [0.29, 0.717) is 12.5 Å². The fourth-order valence-corrected chi connectivity index (χ4v) is 4.20. The van der Waals surface area contributed by atoms with Gasteiger partial charge < -0.3 is 10.6 Å². The maximum atomic E-state index is 5.96. The van der Waals surface area contributed by atoms with Crippen LogP contribution in [0.3, 0.4) is 0 Å². The van der Waals surface area contributed by atoms with E-state index in [9.17, 15) is 0 Å². The van der Waals surface area contributed by atoms with Gasteiger partial charge in [-0.25, -0.2) is 4.98 Å². The van der Waals surface area contributed by atoms with E-state index in [-0.39, 0.29) is 0 Å². The van der Waals surface area contributed by atoms with Gasteiger partial charge in [-0.15, -0.1) is 22.7 Å². The minimum absolute atomic E-state index is 0.599. The summed E-state index contributed by atoms with van der Waals surface area (Å²) in [4.78, 5) is 9.46. The molecule has 1 aliphatic carbocycles. The Labute approximate surface area is 126 Å². The predicted molar refractivity (Wildman–Crippen MR) is 83.4 cm³/mol. The monoisotopic (exact) mass is 313 g/mol. The summed E-state index contributed by atoms with van der Waals surface area (Å²) in [5, 5.41) is 1.06. The van der Waals surface area contributed by atoms with Gasteiger partial charge in [-0.1, -0.05) is 11.6 Å². The number of nitrogens with zero attached hydrogens (tertiary/aromatic N) is 2. The second-order valence-corrected chi connectivity index (χ2v) is 7.71. The Morgan fingerprint density at radius 1 is 1.42 bits per heavy atom. The largest absolute Gasteiger partial charge is 0.346 e. The van der Waals surface area contributed by atoms with Crippen LogP contribution < -0.4 is 10.6 Å². The van der Waals surface area contributed by atoms with Gasteiger partial charge in [0.05, 0.1) is 16.6 Å². The van der Waals surface area contributed by atoms with Crippen molar-refractivity contribution in [2.45, 2.75) is 31.8 Å². The van der Waals surface area contributed by atoms with Gasteiger partial charge in [0.25, 0.3) is 0 Å². The Morgan fingerprint density at radius 2 is 2.21 bits per heavy atom. The van der Waals surface area contributed by atoms with Gasteiger partial charge in [0.15, 0.2) is 5.13 Å². The number of thiophene rings is 1. The van der Waals surface area contributed by atoms with Crippen LogP contribution in [0.5, 0.6) is 0 Å². The molecule has 0 aliphatic heterocycles. The number of hydrogen-bond donors (Lipinski definition) is 1. The summed E-state index contributed by atoms with van der Waals surface area (Å²) in [7, 11) is 2.07. The van der Waals surface area contributed by atoms with Crippen LogP contribution in [-0.4, -0.2) is 12.0 Å². The molecule has 6 heteroatoms. The molecule has 2 aromatic heterocycles. The van der Waals surface area contributed by atoms with E-state index in [1.54, 1.807) is 22.7 Å². The van der Waals surface area contributed by atoms with Crippen molar-refractivity contribution in [3.05, 3.63) is 31.9 Å². The lowest BCUT2D eigenvalue weighted by molar-refractivity contribution is 0.909. The number of anilines is 1. The minimum atomic E-state index is 0.599. The van der Waals surface area contributed by atoms with Gasteiger partial charge in [-0.3, -0.25) is 0 Å². The average molecular weight is 314 g/mol. The zero-order chi connectivity index (χ0) is 13.4. The van der Waals surface area contributed by atoms with Crippen molar-refractivity contribution in [2.75, 3.05) is 11.9 Å². The van der Waals surface area contributed by atoms with E-state index >= 15 is 0 Å². The molecule has 102 valence electrons. The zero-order valence-electron chi connectivity index (χ0n) is 10.7. The van der Waals surface area contributed by atoms with Crippen LogP contribution in [0, 0.1) is 0 Å². The van der Waals surface area contributed by atoms with Gasteiger partial charge in [0.1, 0.15) is 0 Å². The normalized spacial score (nSPS) is 14.9. The Hall–Kier alpha value is -0.620. The highest BCUT2D eigenvalue weighted by Gasteiger charge is 2.29. The van der Waals surface area contributed by atoms with Crippen LogP contribution in [0.25, 0.3) is 0 Å². The first-order valence-corrected chi connectivity index (χ1v) is 8.33. The molecule has 0 unspecified atom stereocenters. The van der Waals surface area contributed by atoms with Crippen LogP contribution >= 0.6 is 34.3 Å². The van der Waals surface area contributed by atoms with Crippen molar-refractivity contribution >= 4 is 39.4 Å². The van der Waals surface area contributed by atoms with Crippen molar-refractivity contribution in [3.8, 4) is 0 Å². The number of nitrogens with two attached hydrogens (primary N) is 1. The van der Waals surface area contributed by atoms with Crippen LogP contribution in [-0.2, 0) is 13.1 Å². The van der Waals surface area contributed by atoms with Gasteiger partial charge in [-0.2, -0.15) is 0 Å². The molecule has 3 rings (SSSR count). The highest BCUT2D eigenvalue weighted by Crippen LogP contribution is 2.44. The molecule has 3 nitrogen and oxygen atoms in total. The lowest BCUT2D eigenvalue weighted by Crippen LogP contribution is -2.15. The Morgan fingerprint density at radius 3 is 2.79 bits per heavy atom. The number of aromatic nitrogens is 1. The second kappa shape index (κ2) is 5.40. The number of rotatable bonds is 5. The second-order valence-electron chi connectivity index (χ2n) is 4.85. The van der Waals surface area contributed by atoms with Crippen molar-refractivity contribution in [3.63, 3.8) is 0 Å². The lowest BCUT2D eigenvalue weighted by Gasteiger charge is -2.14. The molecule has 0 saturated heterocycles. The van der Waals surface area contributed by atoms with Crippen LogP contribution in [0.2, 0.25) is 4.34 Å². The Kier molecular flexibility index (Phi) is 3.80. The number of halogens is 1. The summed E-state index contributed by atoms with van der Waals surface area (Å²) in [5.41, 5.74) is 7.06. The highest BCUT2D eigenvalue weighted by molar-refractivity contribution is 7.16. The fraction of sp³-hybridized carbons (Fsp3) is 0.462. The highest BCUT2D eigenvalue weighted by atomic mass is 35.5. The molecule has 19 heavy (non-hydrogen) atoms. The molecule has 2 aromatic rings. The first-order valence-electron chi connectivity index (χ1n) is 6.32. The third-order valence-corrected chi connectivity index (χ3v) is 5.64. The summed E-state index contributed by atoms with van der Waals surface area (Å²) in [6.07, 6.45) is 2.53. The zero-order valence-corrected chi connectivity index (χ0v) is 13.1. The average Bonchev–Trinajstić information content (AvgIpc) is 3.01. The quantitative estimate of drug-likeness (QED) is 0.912. The van der Waals surface area contributed by atoms with Crippen LogP contribution in [0.1, 0.15) is 34.2 Å². The summed E-state index contributed by atoms with van der Waals surface area (Å²) in [6, 6.07) is 4.01. The van der Waals surface area contributed by atoms with Crippen molar-refractivity contribution in [2.24, 2.45) is 5.73 Å². The molecule has 0 aromatic carbocycles. The van der Waals surface area contributed by atoms with Crippen LogP contribution in [0.15, 0.2) is 12.1 Å². The summed E-state index contributed by atoms with van der Waals surface area (Å²) in [6.45, 7) is 1.45. The predicted octanol–water partition coefficient (Wildman–Crippen LogP) is 3.83. The van der Waals surface area contributed by atoms with Crippen LogP contribution in [0.4, 0.5) is 5.13 Å². The fourth-order valence-electron chi connectivity index (χ4n) is 2.07. The maximum Gasteiger partial charge on any atom is 0.185 e. The molecule has 0 spiro atoms. The molecular formula is C13H16ClN3S2. The Balaban J connectivity index is 1.77. The molecule has 0 amide bonds. The maximum absolute atomic E-state index is 5.96. The first-order chi connectivity index (χ1) is 9.17. The smallest absolute Gasteiger partial charge is 0.185 e. The molecule has 0 atom stereocenters. The van der Waals surface area contributed by atoms with Crippen molar-refractivity contribution in [1.29, 1.82) is 0 Å². The van der Waals surface area contributed by atoms with E-state index in [2.05, 4.69) is 18.0 Å². The lowest BCUT2D eigenvalue weighted by atomic mass is 10.2. The van der Waals surface area contributed by atoms with E-state index in [4.69, 9.17) is 22.3 Å². The molecule has 1 aliphatic rings. The number of hydrogen-bond acceptors (Lipinski definition) is 5. The van der Waals surface area contributed by atoms with Gasteiger partial charge in [-0.05, 0) is 25.0 Å². The minimum Gasteiger partial charge on any atom is -0.346 e. The first kappa shape index (κ1) is 13.4. The van der Waals surface area contributed by atoms with Gasteiger partial charge in [0, 0.05) is 29.3 Å². The molecular weight excluding hydrogens is 298 g/mol. The van der Waals surface area contributed by atoms with E-state index in [1.807, 2.05) is 6.07 Å². The third-order valence-electron chi connectivity index (χ3n) is 3.21. The van der Waals surface area contributed by atoms with Gasteiger partial charge >= 0.3 is 0 Å². The van der Waals surface area contributed by atoms with E-state index in [1.165, 1.54) is 28.3 Å². The van der Waals surface area contributed by atoms with Gasteiger partial charge in [0.2, 0.25) is 0 Å². The summed E-state index contributed by atoms with van der Waals surface area (Å²) in [5.74, 6) is 0.660. The van der Waals surface area contributed by atoms with Crippen molar-refractivity contribution < 1.29 is 0 Å². The van der Waals surface area contributed by atoms with Crippen molar-refractivity contribution in [1.82, 2.24) is 4.98 Å². The third kappa shape index (κ3) is 2.94. The topological polar surface area (TPSA) is 42.2 Å². The number of thiazole rings is 1. The van der Waals surface area contributed by atoms with E-state index < -0.39 is 0 Å². The molecule has 1 saturated carbocycles. The standard InChI is InChI=1S/C13H16ClN3S2/c1-17(7-9-4-5-11(14)18-9)13-16-12(8-2-3-8)10(6-15)19-13/h4-5,8H,2-3,6-7,15H2,1H3. The molecule has 1 fully saturated rings. The van der Waals surface area contributed by atoms with E-state index in [0.717, 1.165) is 16.0 Å². The summed E-state index contributed by atoms with van der Waals surface area (Å²) >= 11 is 9.31. The molecule has 0 radical (unpaired) electrons. The Bertz CT molecular complexity index is 574. The SMILES string of the molecule is CN(Cc1ccc(Cl)s1)c1nc(C2CC2)c(CN)s1. The molecule has 2 N–H and O–H groups in total.